The number of carbonyl (C=O) groups is 1. The molecular weight excluding hydrogens is 306 g/mol. The van der Waals surface area contributed by atoms with Crippen molar-refractivity contribution in [1.29, 1.82) is 0 Å². The van der Waals surface area contributed by atoms with Crippen molar-refractivity contribution in [3.63, 3.8) is 0 Å². The summed E-state index contributed by atoms with van der Waals surface area (Å²) in [7, 11) is 3.50. The second-order valence-corrected chi connectivity index (χ2v) is 5.16. The Labute approximate surface area is 143 Å². The van der Waals surface area contributed by atoms with E-state index in [1.165, 1.54) is 22.6 Å². The standard InChI is InChI=1S/C16H19NO2.C3H6O2/c1-12(18)17(2)10-9-14-6-4-5-13-7-8-15(19-3)11-16(13)14;1-2-5-3-4/h4-8,11H,9-10H2,1-3H3;2,4H,1,3H2. The van der Waals surface area contributed by atoms with Crippen molar-refractivity contribution >= 4 is 16.7 Å². The van der Waals surface area contributed by atoms with Crippen molar-refractivity contribution in [3.8, 4) is 5.75 Å². The third-order valence-corrected chi connectivity index (χ3v) is 3.63. The molecule has 0 aromatic heterocycles. The van der Waals surface area contributed by atoms with Crippen molar-refractivity contribution < 1.29 is 19.4 Å². The summed E-state index contributed by atoms with van der Waals surface area (Å²) in [6, 6.07) is 12.3. The molecule has 1 N–H and O–H groups in total. The van der Waals surface area contributed by atoms with Crippen LogP contribution < -0.4 is 4.74 Å². The van der Waals surface area contributed by atoms with E-state index in [0.29, 0.717) is 0 Å². The zero-order valence-electron chi connectivity index (χ0n) is 14.5. The van der Waals surface area contributed by atoms with Gasteiger partial charge in [0, 0.05) is 20.5 Å². The quantitative estimate of drug-likeness (QED) is 0.653. The molecular formula is C19H25NO4. The second kappa shape index (κ2) is 10.3. The van der Waals surface area contributed by atoms with Gasteiger partial charge in [-0.05, 0) is 34.9 Å². The molecule has 2 aromatic rings. The number of hydrogen-bond acceptors (Lipinski definition) is 4. The average molecular weight is 331 g/mol. The minimum absolute atomic E-state index is 0.0952. The Hall–Kier alpha value is -2.53. The molecule has 5 nitrogen and oxygen atoms in total. The summed E-state index contributed by atoms with van der Waals surface area (Å²) in [4.78, 5) is 13.0. The molecule has 0 unspecified atom stereocenters. The number of nitrogens with zero attached hydrogens (tertiary/aromatic N) is 1. The van der Waals surface area contributed by atoms with Crippen LogP contribution in [0, 0.1) is 0 Å². The maximum absolute atomic E-state index is 11.2. The number of benzene rings is 2. The Balaban J connectivity index is 0.000000505. The van der Waals surface area contributed by atoms with Crippen molar-refractivity contribution in [3.05, 3.63) is 54.8 Å². The van der Waals surface area contributed by atoms with Crippen LogP contribution in [0.25, 0.3) is 10.8 Å². The smallest absolute Gasteiger partial charge is 0.219 e. The predicted octanol–water partition coefficient (Wildman–Crippen LogP) is 2.97. The number of likely N-dealkylation sites (N-methyl/N-ethyl adjacent to an activating group) is 1. The molecule has 0 saturated carbocycles. The molecule has 2 rings (SSSR count). The molecule has 1 amide bonds. The van der Waals surface area contributed by atoms with Crippen molar-refractivity contribution in [1.82, 2.24) is 4.90 Å². The highest BCUT2D eigenvalue weighted by atomic mass is 16.6. The minimum atomic E-state index is -0.274. The lowest BCUT2D eigenvalue weighted by molar-refractivity contribution is -0.127. The van der Waals surface area contributed by atoms with Gasteiger partial charge in [0.2, 0.25) is 5.91 Å². The van der Waals surface area contributed by atoms with Gasteiger partial charge >= 0.3 is 0 Å². The fraction of sp³-hybridized carbons (Fsp3) is 0.316. The van der Waals surface area contributed by atoms with E-state index < -0.39 is 0 Å². The third-order valence-electron chi connectivity index (χ3n) is 3.63. The molecule has 0 atom stereocenters. The van der Waals surface area contributed by atoms with Gasteiger partial charge < -0.3 is 19.5 Å². The Bertz CT molecular complexity index is 669. The van der Waals surface area contributed by atoms with E-state index in [1.54, 1.807) is 18.9 Å². The first-order chi connectivity index (χ1) is 11.5. The number of hydrogen-bond donors (Lipinski definition) is 1. The van der Waals surface area contributed by atoms with Gasteiger partial charge in [0.25, 0.3) is 0 Å². The lowest BCUT2D eigenvalue weighted by Crippen LogP contribution is -2.26. The van der Waals surface area contributed by atoms with E-state index in [1.807, 2.05) is 13.1 Å². The Morgan fingerprint density at radius 3 is 2.62 bits per heavy atom. The number of aliphatic hydroxyl groups is 1. The number of carbonyl (C=O) groups excluding carboxylic acids is 1. The SMILES string of the molecule is C=COCO.COc1ccc2cccc(CCN(C)C(C)=O)c2c1. The van der Waals surface area contributed by atoms with Crippen molar-refractivity contribution in [2.24, 2.45) is 0 Å². The van der Waals surface area contributed by atoms with Gasteiger partial charge in [-0.25, -0.2) is 0 Å². The van der Waals surface area contributed by atoms with Gasteiger partial charge in [-0.3, -0.25) is 4.79 Å². The van der Waals surface area contributed by atoms with Crippen molar-refractivity contribution in [2.45, 2.75) is 13.3 Å². The minimum Gasteiger partial charge on any atom is -0.497 e. The van der Waals surface area contributed by atoms with Crippen LogP contribution in [-0.2, 0) is 16.0 Å². The highest BCUT2D eigenvalue weighted by Crippen LogP contribution is 2.24. The summed E-state index contributed by atoms with van der Waals surface area (Å²) in [5.74, 6) is 0.956. The Kier molecular flexibility index (Phi) is 8.36. The van der Waals surface area contributed by atoms with Crippen LogP contribution in [0.4, 0.5) is 0 Å². The van der Waals surface area contributed by atoms with E-state index in [-0.39, 0.29) is 12.7 Å². The Morgan fingerprint density at radius 1 is 1.33 bits per heavy atom. The highest BCUT2D eigenvalue weighted by molar-refractivity contribution is 5.87. The zero-order chi connectivity index (χ0) is 17.9. The topological polar surface area (TPSA) is 59.0 Å². The molecule has 0 spiro atoms. The third kappa shape index (κ3) is 5.93. The van der Waals surface area contributed by atoms with E-state index >= 15 is 0 Å². The summed E-state index contributed by atoms with van der Waals surface area (Å²) < 4.78 is 9.43. The second-order valence-electron chi connectivity index (χ2n) is 5.16. The van der Waals surface area contributed by atoms with E-state index in [0.717, 1.165) is 18.7 Å². The number of rotatable bonds is 6. The number of fused-ring (bicyclic) bond motifs is 1. The summed E-state index contributed by atoms with van der Waals surface area (Å²) in [6.07, 6.45) is 2.03. The molecule has 0 aliphatic heterocycles. The van der Waals surface area contributed by atoms with Crippen LogP contribution in [0.3, 0.4) is 0 Å². The first kappa shape index (κ1) is 19.5. The van der Waals surface area contributed by atoms with Gasteiger partial charge in [-0.2, -0.15) is 0 Å². The number of aliphatic hydroxyl groups excluding tert-OH is 1. The normalized spacial score (nSPS) is 9.67. The number of amides is 1. The fourth-order valence-electron chi connectivity index (χ4n) is 2.16. The molecule has 0 saturated heterocycles. The van der Waals surface area contributed by atoms with E-state index in [4.69, 9.17) is 9.84 Å². The molecule has 0 fully saturated rings. The average Bonchev–Trinajstić information content (AvgIpc) is 2.60. The molecule has 0 aliphatic rings. The van der Waals surface area contributed by atoms with Crippen LogP contribution in [0.15, 0.2) is 49.2 Å². The van der Waals surface area contributed by atoms with Crippen LogP contribution in [0.2, 0.25) is 0 Å². The largest absolute Gasteiger partial charge is 0.497 e. The van der Waals surface area contributed by atoms with Gasteiger partial charge in [0.1, 0.15) is 5.75 Å². The highest BCUT2D eigenvalue weighted by Gasteiger charge is 2.06. The van der Waals surface area contributed by atoms with Crippen LogP contribution >= 0.6 is 0 Å². The summed E-state index contributed by atoms with van der Waals surface area (Å²) in [6.45, 7) is 5.21. The predicted molar refractivity (Wildman–Crippen MR) is 95.9 cm³/mol. The van der Waals surface area contributed by atoms with E-state index in [2.05, 4.69) is 41.6 Å². The summed E-state index contributed by atoms with van der Waals surface area (Å²) in [5, 5.41) is 10.2. The van der Waals surface area contributed by atoms with Crippen LogP contribution in [-0.4, -0.2) is 43.4 Å². The number of methoxy groups -OCH3 is 1. The fourth-order valence-corrected chi connectivity index (χ4v) is 2.16. The van der Waals surface area contributed by atoms with Gasteiger partial charge in [-0.1, -0.05) is 30.8 Å². The first-order valence-electron chi connectivity index (χ1n) is 7.64. The Morgan fingerprint density at radius 2 is 2.08 bits per heavy atom. The van der Waals surface area contributed by atoms with Gasteiger partial charge in [-0.15, -0.1) is 0 Å². The monoisotopic (exact) mass is 331 g/mol. The molecule has 2 aromatic carbocycles. The molecule has 5 heteroatoms. The van der Waals surface area contributed by atoms with E-state index in [9.17, 15) is 4.79 Å². The summed E-state index contributed by atoms with van der Waals surface area (Å²) >= 11 is 0. The molecule has 0 bridgehead atoms. The zero-order valence-corrected chi connectivity index (χ0v) is 14.5. The molecule has 24 heavy (non-hydrogen) atoms. The lowest BCUT2D eigenvalue weighted by atomic mass is 10.0. The van der Waals surface area contributed by atoms with Crippen LogP contribution in [0.5, 0.6) is 5.75 Å². The van der Waals surface area contributed by atoms with Gasteiger partial charge in [0.05, 0.1) is 13.4 Å². The first-order valence-corrected chi connectivity index (χ1v) is 7.64. The number of ether oxygens (including phenoxy) is 2. The maximum atomic E-state index is 11.2. The molecule has 0 heterocycles. The molecule has 130 valence electrons. The summed E-state index contributed by atoms with van der Waals surface area (Å²) in [5.41, 5.74) is 1.24. The molecule has 0 radical (unpaired) electrons. The molecule has 0 aliphatic carbocycles. The lowest BCUT2D eigenvalue weighted by Gasteiger charge is -2.15. The maximum Gasteiger partial charge on any atom is 0.219 e. The van der Waals surface area contributed by atoms with Crippen molar-refractivity contribution in [2.75, 3.05) is 27.5 Å². The van der Waals surface area contributed by atoms with Gasteiger partial charge in [0.15, 0.2) is 6.79 Å². The van der Waals surface area contributed by atoms with Crippen LogP contribution in [0.1, 0.15) is 12.5 Å².